The van der Waals surface area contributed by atoms with E-state index in [4.69, 9.17) is 0 Å². The molecule has 2 N–H and O–H groups in total. The van der Waals surface area contributed by atoms with Gasteiger partial charge in [0.25, 0.3) is 0 Å². The maximum absolute atomic E-state index is 12.2. The third-order valence-corrected chi connectivity index (χ3v) is 4.16. The molecule has 0 fully saturated rings. The molecule has 0 bridgehead atoms. The smallest absolute Gasteiger partial charge is 0.337 e. The quantitative estimate of drug-likeness (QED) is 0.662. The van der Waals surface area contributed by atoms with Crippen molar-refractivity contribution in [1.29, 1.82) is 0 Å². The monoisotopic (exact) mass is 351 g/mol. The Morgan fingerprint density at radius 3 is 2.42 bits per heavy atom. The third kappa shape index (κ3) is 5.06. The van der Waals surface area contributed by atoms with Gasteiger partial charge in [-0.25, -0.2) is 4.79 Å². The zero-order chi connectivity index (χ0) is 18.9. The topological polar surface area (TPSA) is 66.4 Å². The molecule has 0 unspecified atom stereocenters. The van der Waals surface area contributed by atoms with Gasteiger partial charge in [0.05, 0.1) is 11.3 Å². The van der Waals surface area contributed by atoms with Crippen LogP contribution in [0.5, 0.6) is 0 Å². The zero-order valence-corrected chi connectivity index (χ0v) is 15.3. The number of hydrogen-bond acceptors (Lipinski definition) is 2. The van der Waals surface area contributed by atoms with Crippen LogP contribution in [0.4, 0.5) is 5.69 Å². The summed E-state index contributed by atoms with van der Waals surface area (Å²) in [7, 11) is 0. The van der Waals surface area contributed by atoms with Crippen LogP contribution >= 0.6 is 0 Å². The molecule has 0 aliphatic carbocycles. The molecule has 2 rings (SSSR count). The highest BCUT2D eigenvalue weighted by Crippen LogP contribution is 2.20. The lowest BCUT2D eigenvalue weighted by Gasteiger charge is -2.12. The van der Waals surface area contributed by atoms with E-state index in [1.54, 1.807) is 18.2 Å². The number of aryl methyl sites for hydroxylation is 1. The van der Waals surface area contributed by atoms with Crippen molar-refractivity contribution in [1.82, 2.24) is 0 Å². The van der Waals surface area contributed by atoms with Crippen molar-refractivity contribution in [2.75, 3.05) is 5.32 Å². The van der Waals surface area contributed by atoms with Gasteiger partial charge in [-0.15, -0.1) is 0 Å². The van der Waals surface area contributed by atoms with Crippen molar-refractivity contribution in [3.63, 3.8) is 0 Å². The second kappa shape index (κ2) is 9.56. The number of carbonyl (C=O) groups excluding carboxylic acids is 1. The molecule has 0 aliphatic heterocycles. The number of aromatic carboxylic acids is 1. The SMILES string of the molecule is CCCc1cccc(/C=C/C(=O)Nc2ccccc2C(=O)O)c1CCC. The van der Waals surface area contributed by atoms with E-state index in [0.29, 0.717) is 5.69 Å². The van der Waals surface area contributed by atoms with Crippen LogP contribution in [0.3, 0.4) is 0 Å². The van der Waals surface area contributed by atoms with Crippen LogP contribution in [0, 0.1) is 0 Å². The van der Waals surface area contributed by atoms with Gasteiger partial charge in [-0.3, -0.25) is 4.79 Å². The van der Waals surface area contributed by atoms with Crippen molar-refractivity contribution >= 4 is 23.6 Å². The van der Waals surface area contributed by atoms with Crippen molar-refractivity contribution in [2.45, 2.75) is 39.5 Å². The van der Waals surface area contributed by atoms with Crippen LogP contribution in [0.25, 0.3) is 6.08 Å². The van der Waals surface area contributed by atoms with Crippen LogP contribution < -0.4 is 5.32 Å². The summed E-state index contributed by atoms with van der Waals surface area (Å²) in [6.07, 6.45) is 7.39. The molecule has 0 aliphatic rings. The summed E-state index contributed by atoms with van der Waals surface area (Å²) in [5, 5.41) is 11.8. The third-order valence-electron chi connectivity index (χ3n) is 4.16. The van der Waals surface area contributed by atoms with Gasteiger partial charge in [-0.2, -0.15) is 0 Å². The van der Waals surface area contributed by atoms with Gasteiger partial charge >= 0.3 is 5.97 Å². The number of carboxylic acid groups (broad SMARTS) is 1. The lowest BCUT2D eigenvalue weighted by Crippen LogP contribution is -2.11. The van der Waals surface area contributed by atoms with Crippen LogP contribution in [0.1, 0.15) is 53.7 Å². The Morgan fingerprint density at radius 1 is 1.00 bits per heavy atom. The molecule has 0 saturated heterocycles. The standard InChI is InChI=1S/C22H25NO3/c1-3-8-16-10-7-11-17(18(16)9-4-2)14-15-21(24)23-20-13-6-5-12-19(20)22(25)26/h5-7,10-15H,3-4,8-9H2,1-2H3,(H,23,24)(H,25,26)/b15-14+. The Bertz CT molecular complexity index is 809. The second-order valence-corrected chi connectivity index (χ2v) is 6.16. The number of carboxylic acids is 1. The van der Waals surface area contributed by atoms with Crippen LogP contribution in [-0.2, 0) is 17.6 Å². The maximum atomic E-state index is 12.2. The first-order valence-electron chi connectivity index (χ1n) is 8.99. The molecule has 2 aromatic carbocycles. The molecule has 0 spiro atoms. The number of amides is 1. The van der Waals surface area contributed by atoms with Gasteiger partial charge in [0, 0.05) is 6.08 Å². The molecule has 1 amide bonds. The number of nitrogens with one attached hydrogen (secondary N) is 1. The Balaban J connectivity index is 2.21. The molecule has 0 atom stereocenters. The Labute approximate surface area is 154 Å². The van der Waals surface area contributed by atoms with E-state index < -0.39 is 5.97 Å². The molecule has 0 saturated carbocycles. The Morgan fingerprint density at radius 2 is 1.73 bits per heavy atom. The summed E-state index contributed by atoms with van der Waals surface area (Å²) in [5.74, 6) is -1.41. The molecule has 136 valence electrons. The van der Waals surface area contributed by atoms with E-state index >= 15 is 0 Å². The molecule has 2 aromatic rings. The highest BCUT2D eigenvalue weighted by atomic mass is 16.4. The predicted octanol–water partition coefficient (Wildman–Crippen LogP) is 4.94. The van der Waals surface area contributed by atoms with Gasteiger partial charge in [-0.1, -0.05) is 57.0 Å². The fourth-order valence-corrected chi connectivity index (χ4v) is 2.99. The molecular formula is C22H25NO3. The summed E-state index contributed by atoms with van der Waals surface area (Å²) < 4.78 is 0. The molecule has 0 radical (unpaired) electrons. The van der Waals surface area contributed by atoms with Gasteiger partial charge < -0.3 is 10.4 Å². The van der Waals surface area contributed by atoms with Crippen molar-refractivity contribution in [3.05, 3.63) is 70.8 Å². The van der Waals surface area contributed by atoms with Gasteiger partial charge in [0.2, 0.25) is 5.91 Å². The second-order valence-electron chi connectivity index (χ2n) is 6.16. The normalized spacial score (nSPS) is 10.8. The minimum absolute atomic E-state index is 0.0749. The van der Waals surface area contributed by atoms with E-state index in [9.17, 15) is 14.7 Å². The van der Waals surface area contributed by atoms with E-state index in [2.05, 4.69) is 25.2 Å². The van der Waals surface area contributed by atoms with Crippen molar-refractivity contribution < 1.29 is 14.7 Å². The number of hydrogen-bond donors (Lipinski definition) is 2. The molecule has 4 nitrogen and oxygen atoms in total. The van der Waals surface area contributed by atoms with Crippen molar-refractivity contribution in [3.8, 4) is 0 Å². The van der Waals surface area contributed by atoms with Gasteiger partial charge in [0.1, 0.15) is 0 Å². The van der Waals surface area contributed by atoms with Crippen LogP contribution in [-0.4, -0.2) is 17.0 Å². The summed E-state index contributed by atoms with van der Waals surface area (Å²) in [6.45, 7) is 4.30. The average molecular weight is 351 g/mol. The molecule has 26 heavy (non-hydrogen) atoms. The fourth-order valence-electron chi connectivity index (χ4n) is 2.99. The van der Waals surface area contributed by atoms with E-state index in [-0.39, 0.29) is 11.5 Å². The summed E-state index contributed by atoms with van der Waals surface area (Å²) in [4.78, 5) is 23.5. The zero-order valence-electron chi connectivity index (χ0n) is 15.3. The van der Waals surface area contributed by atoms with Crippen LogP contribution in [0.15, 0.2) is 48.5 Å². The minimum atomic E-state index is -1.07. The number of anilines is 1. The highest BCUT2D eigenvalue weighted by molar-refractivity contribution is 6.06. The highest BCUT2D eigenvalue weighted by Gasteiger charge is 2.10. The Kier molecular flexibility index (Phi) is 7.15. The molecule has 0 aromatic heterocycles. The lowest BCUT2D eigenvalue weighted by molar-refractivity contribution is -0.111. The summed E-state index contributed by atoms with van der Waals surface area (Å²) in [5.41, 5.74) is 4.02. The van der Waals surface area contributed by atoms with Crippen LogP contribution in [0.2, 0.25) is 0 Å². The number of rotatable bonds is 8. The summed E-state index contributed by atoms with van der Waals surface area (Å²) in [6, 6.07) is 12.6. The number of para-hydroxylation sites is 1. The number of carbonyl (C=O) groups is 2. The first-order chi connectivity index (χ1) is 12.6. The largest absolute Gasteiger partial charge is 0.478 e. The molecule has 0 heterocycles. The average Bonchev–Trinajstić information content (AvgIpc) is 2.62. The maximum Gasteiger partial charge on any atom is 0.337 e. The first-order valence-corrected chi connectivity index (χ1v) is 8.99. The van der Waals surface area contributed by atoms with Crippen molar-refractivity contribution in [2.24, 2.45) is 0 Å². The minimum Gasteiger partial charge on any atom is -0.478 e. The lowest BCUT2D eigenvalue weighted by atomic mass is 9.94. The molecule has 4 heteroatoms. The number of benzene rings is 2. The van der Waals surface area contributed by atoms with E-state index in [1.165, 1.54) is 23.3 Å². The Hall–Kier alpha value is -2.88. The first kappa shape index (κ1) is 19.4. The van der Waals surface area contributed by atoms with E-state index in [1.807, 2.05) is 18.2 Å². The fraction of sp³-hybridized carbons (Fsp3) is 0.273. The van der Waals surface area contributed by atoms with Gasteiger partial charge in [-0.05, 0) is 47.7 Å². The van der Waals surface area contributed by atoms with E-state index in [0.717, 1.165) is 31.2 Å². The van der Waals surface area contributed by atoms with Gasteiger partial charge in [0.15, 0.2) is 0 Å². The summed E-state index contributed by atoms with van der Waals surface area (Å²) >= 11 is 0. The molecular weight excluding hydrogens is 326 g/mol. The predicted molar refractivity (Wildman–Crippen MR) is 105 cm³/mol.